The Kier molecular flexibility index (Phi) is 7.21. The number of carbonyl (C=O) groups is 4. The first kappa shape index (κ1) is 18.9. The molecule has 1 atom stereocenters. The summed E-state index contributed by atoms with van der Waals surface area (Å²) in [7, 11) is 2.81. The molecule has 4 amide bonds. The minimum Gasteiger partial charge on any atom is -0.497 e. The lowest BCUT2D eigenvalue weighted by molar-refractivity contribution is -0.153. The lowest BCUT2D eigenvalue weighted by Gasteiger charge is -2.13. The maximum absolute atomic E-state index is 11.9. The van der Waals surface area contributed by atoms with Crippen molar-refractivity contribution in [3.63, 3.8) is 0 Å². The zero-order chi connectivity index (χ0) is 18.1. The van der Waals surface area contributed by atoms with Crippen LogP contribution in [0, 0.1) is 0 Å². The van der Waals surface area contributed by atoms with E-state index in [4.69, 9.17) is 9.47 Å². The molecule has 3 N–H and O–H groups in total. The molecule has 0 bridgehead atoms. The molecule has 1 rings (SSSR count). The Morgan fingerprint density at radius 2 is 1.92 bits per heavy atom. The maximum Gasteiger partial charge on any atom is 0.326 e. The van der Waals surface area contributed by atoms with E-state index in [2.05, 4.69) is 10.6 Å². The largest absolute Gasteiger partial charge is 0.497 e. The summed E-state index contributed by atoms with van der Waals surface area (Å²) >= 11 is 0. The monoisotopic (exact) mass is 337 g/mol. The second-order valence-corrected chi connectivity index (χ2v) is 4.62. The lowest BCUT2D eigenvalue weighted by Crippen LogP contribution is -2.44. The highest BCUT2D eigenvalue weighted by Crippen LogP contribution is 2.12. The van der Waals surface area contributed by atoms with Crippen LogP contribution in [0.4, 0.5) is 4.79 Å². The number of hydrogen-bond acceptors (Lipinski definition) is 6. The van der Waals surface area contributed by atoms with Gasteiger partial charge in [-0.1, -0.05) is 6.07 Å². The average molecular weight is 337 g/mol. The molecule has 9 heteroatoms. The fraction of sp³-hybridized carbons (Fsp3) is 0.333. The number of imide groups is 1. The molecule has 1 aromatic carbocycles. The molecule has 24 heavy (non-hydrogen) atoms. The zero-order valence-corrected chi connectivity index (χ0v) is 13.5. The Hall–Kier alpha value is -3.10. The van der Waals surface area contributed by atoms with Gasteiger partial charge in [-0.2, -0.15) is 0 Å². The number of amides is 4. The molecule has 0 aliphatic carbocycles. The van der Waals surface area contributed by atoms with Gasteiger partial charge in [0.25, 0.3) is 11.8 Å². The number of methoxy groups -OCH3 is 1. The van der Waals surface area contributed by atoms with Crippen LogP contribution in [0.2, 0.25) is 0 Å². The summed E-state index contributed by atoms with van der Waals surface area (Å²) in [5.41, 5.74) is 0.313. The van der Waals surface area contributed by atoms with Gasteiger partial charge >= 0.3 is 12.0 Å². The summed E-state index contributed by atoms with van der Waals surface area (Å²) in [4.78, 5) is 46.1. The van der Waals surface area contributed by atoms with Crippen LogP contribution in [-0.2, 0) is 14.3 Å². The molecule has 0 heterocycles. The quantitative estimate of drug-likeness (QED) is 0.619. The van der Waals surface area contributed by atoms with Gasteiger partial charge in [-0.3, -0.25) is 19.7 Å². The standard InChI is InChI=1S/C15H19N3O6/c1-9(13(20)18-15(22)16-2)24-12(19)8-17-14(21)10-5-4-6-11(7-10)23-3/h4-7,9H,8H2,1-3H3,(H,17,21)(H2,16,18,20,22)/t9-/m0/s1. The smallest absolute Gasteiger partial charge is 0.326 e. The number of hydrogen-bond donors (Lipinski definition) is 3. The van der Waals surface area contributed by atoms with Crippen LogP contribution in [0.1, 0.15) is 17.3 Å². The number of nitrogens with one attached hydrogen (secondary N) is 3. The molecule has 1 aromatic rings. The predicted molar refractivity (Wildman–Crippen MR) is 83.5 cm³/mol. The number of carbonyl (C=O) groups excluding carboxylic acids is 4. The van der Waals surface area contributed by atoms with Crippen LogP contribution >= 0.6 is 0 Å². The minimum atomic E-state index is -1.18. The van der Waals surface area contributed by atoms with E-state index in [1.54, 1.807) is 18.2 Å². The molecule has 0 aromatic heterocycles. The molecule has 0 fully saturated rings. The summed E-state index contributed by atoms with van der Waals surface area (Å²) in [6.45, 7) is 0.883. The van der Waals surface area contributed by atoms with E-state index in [0.29, 0.717) is 11.3 Å². The van der Waals surface area contributed by atoms with Gasteiger partial charge in [0.1, 0.15) is 12.3 Å². The summed E-state index contributed by atoms with van der Waals surface area (Å²) in [5.74, 6) is -1.58. The molecule has 0 saturated carbocycles. The third-order valence-electron chi connectivity index (χ3n) is 2.87. The molecule has 130 valence electrons. The van der Waals surface area contributed by atoms with Crippen molar-refractivity contribution in [1.29, 1.82) is 0 Å². The second kappa shape index (κ2) is 9.13. The van der Waals surface area contributed by atoms with Gasteiger partial charge in [0.15, 0.2) is 6.10 Å². The van der Waals surface area contributed by atoms with Gasteiger partial charge in [-0.25, -0.2) is 4.79 Å². The fourth-order valence-corrected chi connectivity index (χ4v) is 1.59. The van der Waals surface area contributed by atoms with Crippen molar-refractivity contribution < 1.29 is 28.7 Å². The topological polar surface area (TPSA) is 123 Å². The highest BCUT2D eigenvalue weighted by molar-refractivity contribution is 5.98. The number of rotatable bonds is 6. The number of esters is 1. The van der Waals surface area contributed by atoms with Crippen molar-refractivity contribution in [1.82, 2.24) is 16.0 Å². The van der Waals surface area contributed by atoms with Crippen molar-refractivity contribution in [2.24, 2.45) is 0 Å². The van der Waals surface area contributed by atoms with Crippen LogP contribution in [0.15, 0.2) is 24.3 Å². The number of ether oxygens (including phenoxy) is 2. The first-order valence-electron chi connectivity index (χ1n) is 7.01. The van der Waals surface area contributed by atoms with E-state index in [1.165, 1.54) is 27.1 Å². The van der Waals surface area contributed by atoms with Gasteiger partial charge in [0, 0.05) is 12.6 Å². The summed E-state index contributed by atoms with van der Waals surface area (Å²) in [6, 6.07) is 5.67. The minimum absolute atomic E-state index is 0.313. The first-order valence-corrected chi connectivity index (χ1v) is 7.01. The molecule has 0 radical (unpaired) electrons. The molecule has 0 spiro atoms. The van der Waals surface area contributed by atoms with E-state index >= 15 is 0 Å². The van der Waals surface area contributed by atoms with Gasteiger partial charge in [0.2, 0.25) is 0 Å². The van der Waals surface area contributed by atoms with Crippen LogP contribution in [0.5, 0.6) is 5.75 Å². The molecule has 0 aliphatic rings. The van der Waals surface area contributed by atoms with Crippen LogP contribution < -0.4 is 20.7 Å². The zero-order valence-electron chi connectivity index (χ0n) is 13.5. The lowest BCUT2D eigenvalue weighted by atomic mass is 10.2. The fourth-order valence-electron chi connectivity index (χ4n) is 1.59. The summed E-state index contributed by atoms with van der Waals surface area (Å²) < 4.78 is 9.82. The van der Waals surface area contributed by atoms with Gasteiger partial charge in [0.05, 0.1) is 7.11 Å². The molecular weight excluding hydrogens is 318 g/mol. The Bertz CT molecular complexity index is 631. The maximum atomic E-state index is 11.9. The van der Waals surface area contributed by atoms with Gasteiger partial charge < -0.3 is 20.1 Å². The molecule has 0 aliphatic heterocycles. The average Bonchev–Trinajstić information content (AvgIpc) is 2.59. The van der Waals surface area contributed by atoms with Crippen LogP contribution in [-0.4, -0.2) is 50.6 Å². The van der Waals surface area contributed by atoms with Crippen LogP contribution in [0.25, 0.3) is 0 Å². The Balaban J connectivity index is 2.46. The molecular formula is C15H19N3O6. The van der Waals surface area contributed by atoms with Gasteiger partial charge in [-0.05, 0) is 25.1 Å². The summed E-state index contributed by atoms with van der Waals surface area (Å²) in [6.07, 6.45) is -1.18. The van der Waals surface area contributed by atoms with E-state index in [-0.39, 0.29) is 0 Å². The third-order valence-corrected chi connectivity index (χ3v) is 2.87. The highest BCUT2D eigenvalue weighted by Gasteiger charge is 2.20. The summed E-state index contributed by atoms with van der Waals surface area (Å²) in [5, 5.41) is 6.53. The van der Waals surface area contributed by atoms with Crippen molar-refractivity contribution >= 4 is 23.8 Å². The SMILES string of the molecule is CNC(=O)NC(=O)[C@H](C)OC(=O)CNC(=O)c1cccc(OC)c1. The third kappa shape index (κ3) is 5.95. The molecule has 0 saturated heterocycles. The van der Waals surface area contributed by atoms with Crippen LogP contribution in [0.3, 0.4) is 0 Å². The highest BCUT2D eigenvalue weighted by atomic mass is 16.5. The number of benzene rings is 1. The molecule has 0 unspecified atom stereocenters. The normalized spacial score (nSPS) is 11.0. The van der Waals surface area contributed by atoms with E-state index in [9.17, 15) is 19.2 Å². The van der Waals surface area contributed by atoms with E-state index in [1.807, 2.05) is 5.32 Å². The van der Waals surface area contributed by atoms with Gasteiger partial charge in [-0.15, -0.1) is 0 Å². The van der Waals surface area contributed by atoms with Crippen molar-refractivity contribution in [3.8, 4) is 5.75 Å². The second-order valence-electron chi connectivity index (χ2n) is 4.62. The van der Waals surface area contributed by atoms with E-state index < -0.39 is 36.5 Å². The number of urea groups is 1. The Morgan fingerprint density at radius 3 is 2.54 bits per heavy atom. The van der Waals surface area contributed by atoms with Crippen molar-refractivity contribution in [2.75, 3.05) is 20.7 Å². The first-order chi connectivity index (χ1) is 11.4. The predicted octanol–water partition coefficient (Wildman–Crippen LogP) is -0.188. The van der Waals surface area contributed by atoms with Crippen molar-refractivity contribution in [3.05, 3.63) is 29.8 Å². The Morgan fingerprint density at radius 1 is 1.21 bits per heavy atom. The van der Waals surface area contributed by atoms with E-state index in [0.717, 1.165) is 0 Å². The Labute approximate surface area is 138 Å². The van der Waals surface area contributed by atoms with Crippen molar-refractivity contribution in [2.45, 2.75) is 13.0 Å². The molecule has 9 nitrogen and oxygen atoms in total.